The highest BCUT2D eigenvalue weighted by Crippen LogP contribution is 2.17. The number of benzene rings is 1. The minimum Gasteiger partial charge on any atom is -0.325 e. The molecule has 1 aliphatic rings. The molecule has 0 bridgehead atoms. The number of nitrogens with zero attached hydrogens (tertiary/aromatic N) is 1. The van der Waals surface area contributed by atoms with Crippen LogP contribution in [-0.2, 0) is 9.59 Å². The van der Waals surface area contributed by atoms with Crippen molar-refractivity contribution in [2.75, 3.05) is 11.9 Å². The number of imide groups is 1. The van der Waals surface area contributed by atoms with Crippen molar-refractivity contribution in [1.29, 1.82) is 0 Å². The van der Waals surface area contributed by atoms with Gasteiger partial charge >= 0.3 is 6.03 Å². The highest BCUT2D eigenvalue weighted by molar-refractivity contribution is 7.10. The van der Waals surface area contributed by atoms with Gasteiger partial charge in [0.15, 0.2) is 0 Å². The highest BCUT2D eigenvalue weighted by atomic mass is 32.1. The minimum atomic E-state index is -0.595. The first-order valence-corrected chi connectivity index (χ1v) is 8.15. The van der Waals surface area contributed by atoms with Crippen molar-refractivity contribution in [3.63, 3.8) is 0 Å². The second-order valence-electron chi connectivity index (χ2n) is 5.31. The molecule has 2 N–H and O–H groups in total. The molecule has 0 radical (unpaired) electrons. The molecular weight excluding hydrogens is 326 g/mol. The Balaban J connectivity index is 1.67. The Morgan fingerprint density at radius 1 is 1.29 bits per heavy atom. The second-order valence-corrected chi connectivity index (χ2v) is 6.29. The number of anilines is 1. The van der Waals surface area contributed by atoms with Crippen LogP contribution in [0.3, 0.4) is 0 Å². The van der Waals surface area contributed by atoms with Crippen molar-refractivity contribution in [3.05, 3.63) is 57.9 Å². The molecule has 0 saturated carbocycles. The van der Waals surface area contributed by atoms with E-state index >= 15 is 0 Å². The third kappa shape index (κ3) is 3.52. The third-order valence-electron chi connectivity index (χ3n) is 3.40. The lowest BCUT2D eigenvalue weighted by atomic mass is 10.2. The zero-order chi connectivity index (χ0) is 17.1. The van der Waals surface area contributed by atoms with Crippen LogP contribution in [0.1, 0.15) is 10.4 Å². The van der Waals surface area contributed by atoms with Gasteiger partial charge in [0.05, 0.1) is 0 Å². The standard InChI is InChI=1S/C17H15N3O3S/c1-11-4-2-5-12(8-11)18-15(21)10-20-16(22)14(19-17(20)23)9-13-6-3-7-24-13/h2-9H,10H2,1H3,(H,18,21)(H,19,23)/b14-9+. The summed E-state index contributed by atoms with van der Waals surface area (Å²) in [5.74, 6) is -0.936. The number of carbonyl (C=O) groups excluding carboxylic acids is 3. The van der Waals surface area contributed by atoms with Gasteiger partial charge in [-0.05, 0) is 42.1 Å². The van der Waals surface area contributed by atoms with Gasteiger partial charge in [-0.1, -0.05) is 18.2 Å². The summed E-state index contributed by atoms with van der Waals surface area (Å²) in [5.41, 5.74) is 1.80. The zero-order valence-electron chi connectivity index (χ0n) is 12.9. The van der Waals surface area contributed by atoms with E-state index in [2.05, 4.69) is 10.6 Å². The van der Waals surface area contributed by atoms with E-state index in [0.29, 0.717) is 5.69 Å². The lowest BCUT2D eigenvalue weighted by Crippen LogP contribution is -2.38. The van der Waals surface area contributed by atoms with Gasteiger partial charge in [-0.15, -0.1) is 11.3 Å². The van der Waals surface area contributed by atoms with Crippen molar-refractivity contribution >= 4 is 40.9 Å². The van der Waals surface area contributed by atoms with Crippen molar-refractivity contribution in [2.24, 2.45) is 0 Å². The first-order valence-electron chi connectivity index (χ1n) is 7.27. The van der Waals surface area contributed by atoms with E-state index in [4.69, 9.17) is 0 Å². The summed E-state index contributed by atoms with van der Waals surface area (Å²) in [5, 5.41) is 7.05. The molecule has 1 aromatic heterocycles. The van der Waals surface area contributed by atoms with Crippen LogP contribution in [-0.4, -0.2) is 29.3 Å². The molecule has 0 aliphatic carbocycles. The van der Waals surface area contributed by atoms with E-state index in [9.17, 15) is 14.4 Å². The van der Waals surface area contributed by atoms with Crippen LogP contribution in [0, 0.1) is 6.92 Å². The Kier molecular flexibility index (Phi) is 4.43. The zero-order valence-corrected chi connectivity index (χ0v) is 13.7. The van der Waals surface area contributed by atoms with Crippen LogP contribution >= 0.6 is 11.3 Å². The normalized spacial score (nSPS) is 15.7. The number of thiophene rings is 1. The Morgan fingerprint density at radius 3 is 2.83 bits per heavy atom. The van der Waals surface area contributed by atoms with Gasteiger partial charge in [-0.2, -0.15) is 0 Å². The first-order chi connectivity index (χ1) is 11.5. The number of hydrogen-bond acceptors (Lipinski definition) is 4. The second kappa shape index (κ2) is 6.67. The number of carbonyl (C=O) groups is 3. The molecule has 7 heteroatoms. The molecule has 1 aromatic carbocycles. The predicted molar refractivity (Wildman–Crippen MR) is 92.3 cm³/mol. The van der Waals surface area contributed by atoms with Crippen LogP contribution in [0.4, 0.5) is 10.5 Å². The topological polar surface area (TPSA) is 78.5 Å². The maximum Gasteiger partial charge on any atom is 0.329 e. The number of amides is 4. The maximum atomic E-state index is 12.3. The van der Waals surface area contributed by atoms with Gasteiger partial charge in [0.25, 0.3) is 5.91 Å². The van der Waals surface area contributed by atoms with Crippen molar-refractivity contribution in [3.8, 4) is 0 Å². The van der Waals surface area contributed by atoms with E-state index in [1.165, 1.54) is 11.3 Å². The van der Waals surface area contributed by atoms with Crippen molar-refractivity contribution in [1.82, 2.24) is 10.2 Å². The lowest BCUT2D eigenvalue weighted by molar-refractivity contribution is -0.127. The summed E-state index contributed by atoms with van der Waals surface area (Å²) >= 11 is 1.45. The minimum absolute atomic E-state index is 0.172. The molecule has 122 valence electrons. The molecule has 3 rings (SSSR count). The summed E-state index contributed by atoms with van der Waals surface area (Å²) in [4.78, 5) is 38.1. The Bertz CT molecular complexity index is 827. The Hall–Kier alpha value is -2.93. The van der Waals surface area contributed by atoms with E-state index in [1.54, 1.807) is 12.1 Å². The fourth-order valence-corrected chi connectivity index (χ4v) is 2.96. The number of rotatable bonds is 4. The summed E-state index contributed by atoms with van der Waals surface area (Å²) < 4.78 is 0. The highest BCUT2D eigenvalue weighted by Gasteiger charge is 2.34. The molecule has 6 nitrogen and oxygen atoms in total. The summed E-state index contributed by atoms with van der Waals surface area (Å²) in [6.45, 7) is 1.58. The fraction of sp³-hybridized carbons (Fsp3) is 0.118. The van der Waals surface area contributed by atoms with E-state index < -0.39 is 17.8 Å². The number of urea groups is 1. The Morgan fingerprint density at radius 2 is 2.12 bits per heavy atom. The van der Waals surface area contributed by atoms with Crippen LogP contribution < -0.4 is 10.6 Å². The molecule has 1 fully saturated rings. The number of hydrogen-bond donors (Lipinski definition) is 2. The quantitative estimate of drug-likeness (QED) is 0.663. The van der Waals surface area contributed by atoms with Gasteiger partial charge in [0.1, 0.15) is 12.2 Å². The van der Waals surface area contributed by atoms with E-state index in [1.807, 2.05) is 42.6 Å². The average Bonchev–Trinajstić information content (AvgIpc) is 3.12. The fourth-order valence-electron chi connectivity index (χ4n) is 2.30. The molecule has 4 amide bonds. The SMILES string of the molecule is Cc1cccc(NC(=O)CN2C(=O)N/C(=C/c3cccs3)C2=O)c1. The Labute approximate surface area is 142 Å². The lowest BCUT2D eigenvalue weighted by Gasteiger charge is -2.12. The van der Waals surface area contributed by atoms with Crippen molar-refractivity contribution < 1.29 is 14.4 Å². The molecule has 2 aromatic rings. The molecule has 0 spiro atoms. The maximum absolute atomic E-state index is 12.3. The molecule has 1 aliphatic heterocycles. The van der Waals surface area contributed by atoms with Gasteiger partial charge in [0.2, 0.25) is 5.91 Å². The average molecular weight is 341 g/mol. The summed E-state index contributed by atoms with van der Waals surface area (Å²) in [6, 6.07) is 10.4. The first kappa shape index (κ1) is 15.9. The van der Waals surface area contributed by atoms with Gasteiger partial charge in [-0.3, -0.25) is 9.59 Å². The van der Waals surface area contributed by atoms with Gasteiger partial charge < -0.3 is 10.6 Å². The molecule has 24 heavy (non-hydrogen) atoms. The molecule has 0 atom stereocenters. The van der Waals surface area contributed by atoms with Crippen LogP contribution in [0.5, 0.6) is 0 Å². The van der Waals surface area contributed by atoms with Crippen LogP contribution in [0.25, 0.3) is 6.08 Å². The third-order valence-corrected chi connectivity index (χ3v) is 4.21. The molecule has 0 unspecified atom stereocenters. The molecular formula is C17H15N3O3S. The number of aryl methyl sites for hydroxylation is 1. The summed E-state index contributed by atoms with van der Waals surface area (Å²) in [7, 11) is 0. The predicted octanol–water partition coefficient (Wildman–Crippen LogP) is 2.59. The molecule has 2 heterocycles. The number of nitrogens with one attached hydrogen (secondary N) is 2. The largest absolute Gasteiger partial charge is 0.329 e. The monoisotopic (exact) mass is 341 g/mol. The van der Waals surface area contributed by atoms with Crippen LogP contribution in [0.15, 0.2) is 47.5 Å². The smallest absolute Gasteiger partial charge is 0.325 e. The summed E-state index contributed by atoms with van der Waals surface area (Å²) in [6.07, 6.45) is 1.60. The molecule has 1 saturated heterocycles. The van der Waals surface area contributed by atoms with E-state index in [0.717, 1.165) is 15.3 Å². The van der Waals surface area contributed by atoms with Crippen molar-refractivity contribution in [2.45, 2.75) is 6.92 Å². The van der Waals surface area contributed by atoms with E-state index in [-0.39, 0.29) is 12.2 Å². The van der Waals surface area contributed by atoms with Crippen LogP contribution in [0.2, 0.25) is 0 Å². The van der Waals surface area contributed by atoms with Gasteiger partial charge in [-0.25, -0.2) is 9.69 Å². The van der Waals surface area contributed by atoms with Gasteiger partial charge in [0, 0.05) is 10.6 Å².